The lowest BCUT2D eigenvalue weighted by Gasteiger charge is -2.10. The third-order valence-corrected chi connectivity index (χ3v) is 3.67. The fraction of sp³-hybridized carbons (Fsp3) is 0.176. The van der Waals surface area contributed by atoms with Gasteiger partial charge in [-0.25, -0.2) is 4.79 Å². The highest BCUT2D eigenvalue weighted by atomic mass is 35.5. The van der Waals surface area contributed by atoms with Crippen LogP contribution in [0.1, 0.15) is 21.5 Å². The number of carbonyl (C=O) groups is 2. The zero-order chi connectivity index (χ0) is 17.0. The van der Waals surface area contributed by atoms with Gasteiger partial charge in [0.2, 0.25) is 0 Å². The first-order valence-electron chi connectivity index (χ1n) is 6.89. The van der Waals surface area contributed by atoms with Gasteiger partial charge in [0, 0.05) is 0 Å². The number of carbonyl (C=O) groups excluding carboxylic acids is 1. The van der Waals surface area contributed by atoms with Gasteiger partial charge in [-0.2, -0.15) is 0 Å². The maximum Gasteiger partial charge on any atom is 0.335 e. The second-order valence-corrected chi connectivity index (χ2v) is 5.49. The van der Waals surface area contributed by atoms with Crippen LogP contribution in [0.3, 0.4) is 0 Å². The van der Waals surface area contributed by atoms with Gasteiger partial charge >= 0.3 is 5.97 Å². The fourth-order valence-electron chi connectivity index (χ4n) is 1.89. The van der Waals surface area contributed by atoms with Crippen molar-refractivity contribution in [1.29, 1.82) is 0 Å². The Balaban J connectivity index is 2.00. The second-order valence-electron chi connectivity index (χ2n) is 5.08. The Labute approximate surface area is 138 Å². The minimum atomic E-state index is -1.09. The van der Waals surface area contributed by atoms with Crippen LogP contribution in [0.5, 0.6) is 5.75 Å². The number of carboxylic acid groups (broad SMARTS) is 1. The highest BCUT2D eigenvalue weighted by Gasteiger charge is 2.11. The molecule has 0 aliphatic carbocycles. The number of benzene rings is 2. The van der Waals surface area contributed by atoms with E-state index in [4.69, 9.17) is 21.4 Å². The summed E-state index contributed by atoms with van der Waals surface area (Å²) in [7, 11) is 0. The largest absolute Gasteiger partial charge is 0.484 e. The van der Waals surface area contributed by atoms with Gasteiger partial charge < -0.3 is 15.2 Å². The summed E-state index contributed by atoms with van der Waals surface area (Å²) in [6, 6.07) is 9.64. The Morgan fingerprint density at radius 3 is 2.52 bits per heavy atom. The van der Waals surface area contributed by atoms with Gasteiger partial charge in [-0.1, -0.05) is 17.7 Å². The minimum Gasteiger partial charge on any atom is -0.484 e. The lowest BCUT2D eigenvalue weighted by molar-refractivity contribution is -0.118. The topological polar surface area (TPSA) is 75.6 Å². The lowest BCUT2D eigenvalue weighted by Crippen LogP contribution is -2.20. The molecule has 0 atom stereocenters. The van der Waals surface area contributed by atoms with Gasteiger partial charge in [0.15, 0.2) is 6.61 Å². The zero-order valence-electron chi connectivity index (χ0n) is 12.7. The molecule has 0 aromatic heterocycles. The quantitative estimate of drug-likeness (QED) is 0.875. The van der Waals surface area contributed by atoms with Crippen LogP contribution in [0.2, 0.25) is 5.02 Å². The third kappa shape index (κ3) is 4.47. The van der Waals surface area contributed by atoms with Gasteiger partial charge in [-0.15, -0.1) is 0 Å². The molecule has 2 aromatic rings. The third-order valence-electron chi connectivity index (χ3n) is 3.34. The smallest absolute Gasteiger partial charge is 0.335 e. The Kier molecular flexibility index (Phi) is 5.24. The molecule has 0 spiro atoms. The van der Waals surface area contributed by atoms with Crippen molar-refractivity contribution < 1.29 is 19.4 Å². The van der Waals surface area contributed by atoms with Crippen molar-refractivity contribution in [3.63, 3.8) is 0 Å². The SMILES string of the molecule is Cc1ccc(OCC(=O)Nc2cc(C(=O)O)ccc2Cl)cc1C. The number of rotatable bonds is 5. The lowest BCUT2D eigenvalue weighted by atomic mass is 10.1. The number of carboxylic acids is 1. The summed E-state index contributed by atoms with van der Waals surface area (Å²) in [6.07, 6.45) is 0. The summed E-state index contributed by atoms with van der Waals surface area (Å²) in [4.78, 5) is 22.9. The van der Waals surface area contributed by atoms with Crippen molar-refractivity contribution in [1.82, 2.24) is 0 Å². The van der Waals surface area contributed by atoms with Crippen LogP contribution >= 0.6 is 11.6 Å². The molecule has 1 amide bonds. The van der Waals surface area contributed by atoms with Crippen LogP contribution < -0.4 is 10.1 Å². The molecular weight excluding hydrogens is 318 g/mol. The summed E-state index contributed by atoms with van der Waals surface area (Å²) in [5, 5.41) is 11.8. The van der Waals surface area contributed by atoms with E-state index in [1.54, 1.807) is 6.07 Å². The summed E-state index contributed by atoms with van der Waals surface area (Å²) in [5.74, 6) is -0.926. The van der Waals surface area contributed by atoms with Gasteiger partial charge in [-0.05, 0) is 55.3 Å². The number of aryl methyl sites for hydroxylation is 2. The van der Waals surface area contributed by atoms with Crippen LogP contribution in [0, 0.1) is 13.8 Å². The molecule has 2 aromatic carbocycles. The van der Waals surface area contributed by atoms with E-state index < -0.39 is 11.9 Å². The highest BCUT2D eigenvalue weighted by molar-refractivity contribution is 6.33. The first-order chi connectivity index (χ1) is 10.9. The highest BCUT2D eigenvalue weighted by Crippen LogP contribution is 2.23. The van der Waals surface area contributed by atoms with Gasteiger partial charge in [0.1, 0.15) is 5.75 Å². The zero-order valence-corrected chi connectivity index (χ0v) is 13.5. The maximum absolute atomic E-state index is 11.9. The first-order valence-corrected chi connectivity index (χ1v) is 7.27. The van der Waals surface area contributed by atoms with E-state index in [9.17, 15) is 9.59 Å². The van der Waals surface area contributed by atoms with E-state index in [1.807, 2.05) is 26.0 Å². The molecule has 0 saturated heterocycles. The van der Waals surface area contributed by atoms with Crippen LogP contribution in [0.25, 0.3) is 0 Å². The van der Waals surface area contributed by atoms with E-state index >= 15 is 0 Å². The van der Waals surface area contributed by atoms with Crippen molar-refractivity contribution in [3.05, 3.63) is 58.1 Å². The van der Waals surface area contributed by atoms with E-state index in [0.717, 1.165) is 11.1 Å². The number of nitrogens with one attached hydrogen (secondary N) is 1. The summed E-state index contributed by atoms with van der Waals surface area (Å²) < 4.78 is 5.42. The molecule has 120 valence electrons. The van der Waals surface area contributed by atoms with Crippen molar-refractivity contribution >= 4 is 29.2 Å². The molecule has 0 aliphatic heterocycles. The molecule has 2 N–H and O–H groups in total. The van der Waals surface area contributed by atoms with Gasteiger partial charge in [0.05, 0.1) is 16.3 Å². The molecule has 5 nitrogen and oxygen atoms in total. The standard InChI is InChI=1S/C17H16ClNO4/c1-10-3-5-13(7-11(10)2)23-9-16(20)19-15-8-12(17(21)22)4-6-14(15)18/h3-8H,9H2,1-2H3,(H,19,20)(H,21,22). The average molecular weight is 334 g/mol. The average Bonchev–Trinajstić information content (AvgIpc) is 2.50. The number of hydrogen-bond acceptors (Lipinski definition) is 3. The molecular formula is C17H16ClNO4. The van der Waals surface area contributed by atoms with E-state index in [2.05, 4.69) is 5.32 Å². The molecule has 0 aliphatic rings. The molecule has 0 saturated carbocycles. The maximum atomic E-state index is 11.9. The Morgan fingerprint density at radius 1 is 1.13 bits per heavy atom. The predicted molar refractivity (Wildman–Crippen MR) is 88.5 cm³/mol. The minimum absolute atomic E-state index is 0.0415. The van der Waals surface area contributed by atoms with Crippen molar-refractivity contribution in [2.24, 2.45) is 0 Å². The number of ether oxygens (including phenoxy) is 1. The van der Waals surface area contributed by atoms with Crippen LogP contribution in [-0.4, -0.2) is 23.6 Å². The van der Waals surface area contributed by atoms with E-state index in [-0.39, 0.29) is 22.9 Å². The van der Waals surface area contributed by atoms with Crippen molar-refractivity contribution in [3.8, 4) is 5.75 Å². The fourth-order valence-corrected chi connectivity index (χ4v) is 2.06. The van der Waals surface area contributed by atoms with Gasteiger partial charge in [0.25, 0.3) is 5.91 Å². The number of aromatic carboxylic acids is 1. The summed E-state index contributed by atoms with van der Waals surface area (Å²) in [5.41, 5.74) is 2.49. The summed E-state index contributed by atoms with van der Waals surface area (Å²) >= 11 is 5.95. The number of halogens is 1. The van der Waals surface area contributed by atoms with Gasteiger partial charge in [-0.3, -0.25) is 4.79 Å². The van der Waals surface area contributed by atoms with Crippen LogP contribution in [0.15, 0.2) is 36.4 Å². The predicted octanol–water partition coefficient (Wildman–Crippen LogP) is 3.67. The van der Waals surface area contributed by atoms with E-state index in [1.165, 1.54) is 18.2 Å². The molecule has 23 heavy (non-hydrogen) atoms. The van der Waals surface area contributed by atoms with Crippen molar-refractivity contribution in [2.75, 3.05) is 11.9 Å². The molecule has 0 fully saturated rings. The normalized spacial score (nSPS) is 10.2. The molecule has 6 heteroatoms. The monoisotopic (exact) mass is 333 g/mol. The Morgan fingerprint density at radius 2 is 1.87 bits per heavy atom. The number of anilines is 1. The second kappa shape index (κ2) is 7.15. The Hall–Kier alpha value is -2.53. The van der Waals surface area contributed by atoms with E-state index in [0.29, 0.717) is 5.75 Å². The molecule has 0 heterocycles. The van der Waals surface area contributed by atoms with Crippen LogP contribution in [-0.2, 0) is 4.79 Å². The van der Waals surface area contributed by atoms with Crippen LogP contribution in [0.4, 0.5) is 5.69 Å². The van der Waals surface area contributed by atoms with Crippen molar-refractivity contribution in [2.45, 2.75) is 13.8 Å². The number of hydrogen-bond donors (Lipinski definition) is 2. The first kappa shape index (κ1) is 16.8. The Bertz CT molecular complexity index is 758. The molecule has 0 unspecified atom stereocenters. The molecule has 2 rings (SSSR count). The summed E-state index contributed by atoms with van der Waals surface area (Å²) in [6.45, 7) is 3.75. The molecule has 0 bridgehead atoms. The molecule has 0 radical (unpaired) electrons. The number of amides is 1.